The molecule has 0 bridgehead atoms. The van der Waals surface area contributed by atoms with E-state index in [0.717, 1.165) is 11.2 Å². The fourth-order valence-corrected chi connectivity index (χ4v) is 2.53. The molecule has 0 saturated carbocycles. The van der Waals surface area contributed by atoms with Crippen LogP contribution in [0.4, 0.5) is 5.69 Å². The van der Waals surface area contributed by atoms with Crippen LogP contribution in [0.2, 0.25) is 0 Å². The van der Waals surface area contributed by atoms with E-state index < -0.39 is 0 Å². The average molecular weight is 255 g/mol. The van der Waals surface area contributed by atoms with E-state index in [2.05, 4.69) is 31.9 Å². The van der Waals surface area contributed by atoms with Gasteiger partial charge in [0.1, 0.15) is 0 Å². The first-order valence-corrected chi connectivity index (χ1v) is 6.23. The Labute approximate surface area is 93.5 Å². The highest BCUT2D eigenvalue weighted by atomic mass is 79.9. The molecule has 0 atom stereocenters. The van der Waals surface area contributed by atoms with Gasteiger partial charge >= 0.3 is 0 Å². The minimum absolute atomic E-state index is 0.864. The molecule has 0 aliphatic carbocycles. The number of aromatic nitrogens is 1. The summed E-state index contributed by atoms with van der Waals surface area (Å²) < 4.78 is 0. The topological polar surface area (TPSA) is 16.1 Å². The number of rotatable bonds is 2. The zero-order valence-electron chi connectivity index (χ0n) is 8.19. The maximum atomic E-state index is 4.15. The molecule has 0 radical (unpaired) electrons. The van der Waals surface area contributed by atoms with Crippen molar-refractivity contribution in [3.63, 3.8) is 0 Å². The largest absolute Gasteiger partial charge is 0.370 e. The van der Waals surface area contributed by atoms with Gasteiger partial charge in [-0.3, -0.25) is 4.98 Å². The molecule has 14 heavy (non-hydrogen) atoms. The van der Waals surface area contributed by atoms with Crippen molar-refractivity contribution in [2.75, 3.05) is 23.3 Å². The Kier molecular flexibility index (Phi) is 3.40. The van der Waals surface area contributed by atoms with Crippen LogP contribution in [0.3, 0.4) is 0 Å². The Balaban J connectivity index is 1.96. The predicted molar refractivity (Wildman–Crippen MR) is 63.0 cm³/mol. The SMILES string of the molecule is BrCC1CCN(c2cccnc2)CC1. The van der Waals surface area contributed by atoms with Gasteiger partial charge in [-0.1, -0.05) is 15.9 Å². The second-order valence-electron chi connectivity index (χ2n) is 3.80. The molecule has 1 saturated heterocycles. The fraction of sp³-hybridized carbons (Fsp3) is 0.545. The van der Waals surface area contributed by atoms with Crippen LogP contribution in [-0.2, 0) is 0 Å². The molecule has 3 heteroatoms. The van der Waals surface area contributed by atoms with E-state index in [1.165, 1.54) is 31.6 Å². The molecule has 1 aromatic heterocycles. The number of hydrogen-bond acceptors (Lipinski definition) is 2. The summed E-state index contributed by atoms with van der Waals surface area (Å²) in [6, 6.07) is 4.15. The first-order chi connectivity index (χ1) is 6.90. The average Bonchev–Trinajstić information content (AvgIpc) is 2.30. The maximum Gasteiger partial charge on any atom is 0.0552 e. The highest BCUT2D eigenvalue weighted by Gasteiger charge is 2.18. The smallest absolute Gasteiger partial charge is 0.0552 e. The molecule has 0 amide bonds. The monoisotopic (exact) mass is 254 g/mol. The van der Waals surface area contributed by atoms with Crippen LogP contribution in [0, 0.1) is 5.92 Å². The number of alkyl halides is 1. The van der Waals surface area contributed by atoms with Crippen LogP contribution in [0.5, 0.6) is 0 Å². The van der Waals surface area contributed by atoms with Crippen LogP contribution in [0.15, 0.2) is 24.5 Å². The van der Waals surface area contributed by atoms with Crippen molar-refractivity contribution in [3.8, 4) is 0 Å². The van der Waals surface area contributed by atoms with Crippen LogP contribution in [-0.4, -0.2) is 23.4 Å². The van der Waals surface area contributed by atoms with E-state index in [-0.39, 0.29) is 0 Å². The van der Waals surface area contributed by atoms with Gasteiger partial charge in [0.25, 0.3) is 0 Å². The summed E-state index contributed by atoms with van der Waals surface area (Å²) in [6.45, 7) is 2.34. The van der Waals surface area contributed by atoms with Crippen molar-refractivity contribution >= 4 is 21.6 Å². The molecule has 0 aromatic carbocycles. The number of piperidine rings is 1. The van der Waals surface area contributed by atoms with Crippen LogP contribution in [0.1, 0.15) is 12.8 Å². The van der Waals surface area contributed by atoms with Crippen molar-refractivity contribution in [2.45, 2.75) is 12.8 Å². The first-order valence-electron chi connectivity index (χ1n) is 5.11. The van der Waals surface area contributed by atoms with E-state index in [4.69, 9.17) is 0 Å². The van der Waals surface area contributed by atoms with Crippen molar-refractivity contribution in [2.24, 2.45) is 5.92 Å². The van der Waals surface area contributed by atoms with E-state index in [1.54, 1.807) is 0 Å². The third-order valence-electron chi connectivity index (χ3n) is 2.84. The predicted octanol–water partition coefficient (Wildman–Crippen LogP) is 2.69. The zero-order chi connectivity index (χ0) is 9.80. The lowest BCUT2D eigenvalue weighted by atomic mass is 9.99. The molecule has 2 nitrogen and oxygen atoms in total. The second kappa shape index (κ2) is 4.78. The van der Waals surface area contributed by atoms with Crippen molar-refractivity contribution in [3.05, 3.63) is 24.5 Å². The highest BCUT2D eigenvalue weighted by Crippen LogP contribution is 2.23. The Morgan fingerprint density at radius 1 is 1.43 bits per heavy atom. The number of nitrogens with zero attached hydrogens (tertiary/aromatic N) is 2. The van der Waals surface area contributed by atoms with Gasteiger partial charge < -0.3 is 4.90 Å². The molecule has 1 aliphatic rings. The maximum absolute atomic E-state index is 4.15. The number of pyridine rings is 1. The summed E-state index contributed by atoms with van der Waals surface area (Å²) in [6.07, 6.45) is 6.36. The third-order valence-corrected chi connectivity index (χ3v) is 3.76. The first kappa shape index (κ1) is 9.97. The Bertz CT molecular complexity index is 268. The lowest BCUT2D eigenvalue weighted by molar-refractivity contribution is 0.447. The Morgan fingerprint density at radius 3 is 2.79 bits per heavy atom. The zero-order valence-corrected chi connectivity index (χ0v) is 9.78. The summed E-state index contributed by atoms with van der Waals surface area (Å²) in [5.74, 6) is 0.864. The summed E-state index contributed by atoms with van der Waals surface area (Å²) in [5, 5.41) is 1.15. The minimum atomic E-state index is 0.864. The van der Waals surface area contributed by atoms with Gasteiger partial charge in [-0.05, 0) is 30.9 Å². The van der Waals surface area contributed by atoms with Gasteiger partial charge in [-0.15, -0.1) is 0 Å². The molecule has 1 fully saturated rings. The van der Waals surface area contributed by atoms with E-state index in [9.17, 15) is 0 Å². The quantitative estimate of drug-likeness (QED) is 0.755. The standard InChI is InChI=1S/C11H15BrN2/c12-8-10-3-6-14(7-4-10)11-2-1-5-13-9-11/h1-2,5,9-10H,3-4,6-8H2. The van der Waals surface area contributed by atoms with Gasteiger partial charge in [-0.25, -0.2) is 0 Å². The lowest BCUT2D eigenvalue weighted by Crippen LogP contribution is -2.34. The highest BCUT2D eigenvalue weighted by molar-refractivity contribution is 9.09. The fourth-order valence-electron chi connectivity index (χ4n) is 1.89. The Hall–Kier alpha value is -0.570. The van der Waals surface area contributed by atoms with Crippen LogP contribution in [0.25, 0.3) is 0 Å². The van der Waals surface area contributed by atoms with Gasteiger partial charge in [-0.2, -0.15) is 0 Å². The normalized spacial score (nSPS) is 18.5. The molecule has 2 rings (SSSR count). The van der Waals surface area contributed by atoms with E-state index in [0.29, 0.717) is 0 Å². The molecular formula is C11H15BrN2. The lowest BCUT2D eigenvalue weighted by Gasteiger charge is -2.32. The van der Waals surface area contributed by atoms with Crippen LogP contribution >= 0.6 is 15.9 Å². The number of anilines is 1. The summed E-state index contributed by atoms with van der Waals surface area (Å²) in [4.78, 5) is 6.57. The van der Waals surface area contributed by atoms with Crippen molar-refractivity contribution in [1.29, 1.82) is 0 Å². The van der Waals surface area contributed by atoms with Crippen molar-refractivity contribution in [1.82, 2.24) is 4.98 Å². The van der Waals surface area contributed by atoms with Crippen LogP contribution < -0.4 is 4.90 Å². The molecular weight excluding hydrogens is 240 g/mol. The second-order valence-corrected chi connectivity index (χ2v) is 4.44. The molecule has 76 valence electrons. The van der Waals surface area contributed by atoms with E-state index >= 15 is 0 Å². The third kappa shape index (κ3) is 2.27. The number of halogens is 1. The molecule has 1 aliphatic heterocycles. The van der Waals surface area contributed by atoms with Gasteiger partial charge in [0.2, 0.25) is 0 Å². The summed E-state index contributed by atoms with van der Waals surface area (Å²) >= 11 is 3.56. The molecule has 2 heterocycles. The Morgan fingerprint density at radius 2 is 2.21 bits per heavy atom. The number of hydrogen-bond donors (Lipinski definition) is 0. The minimum Gasteiger partial charge on any atom is -0.370 e. The summed E-state index contributed by atoms with van der Waals surface area (Å²) in [5.41, 5.74) is 1.26. The molecule has 0 N–H and O–H groups in total. The van der Waals surface area contributed by atoms with E-state index in [1.807, 2.05) is 18.5 Å². The molecule has 1 aromatic rings. The van der Waals surface area contributed by atoms with Gasteiger partial charge in [0, 0.05) is 24.6 Å². The molecule has 0 unspecified atom stereocenters. The molecule has 0 spiro atoms. The summed E-state index contributed by atoms with van der Waals surface area (Å²) in [7, 11) is 0. The van der Waals surface area contributed by atoms with Gasteiger partial charge in [0.15, 0.2) is 0 Å². The van der Waals surface area contributed by atoms with Gasteiger partial charge in [0.05, 0.1) is 11.9 Å². The van der Waals surface area contributed by atoms with Crippen molar-refractivity contribution < 1.29 is 0 Å².